The molecule has 1 unspecified atom stereocenters. The fourth-order valence-electron chi connectivity index (χ4n) is 2.93. The van der Waals surface area contributed by atoms with E-state index in [1.54, 1.807) is 12.4 Å². The second kappa shape index (κ2) is 6.04. The van der Waals surface area contributed by atoms with E-state index in [2.05, 4.69) is 30.7 Å². The lowest BCUT2D eigenvalue weighted by atomic mass is 10.1. The third-order valence-electron chi connectivity index (χ3n) is 4.31. The molecule has 0 amide bonds. The van der Waals surface area contributed by atoms with E-state index >= 15 is 0 Å². The van der Waals surface area contributed by atoms with Crippen molar-refractivity contribution < 1.29 is 4.74 Å². The molecule has 0 bridgehead atoms. The number of nitrogens with zero attached hydrogens (tertiary/aromatic N) is 5. The molecule has 0 spiro atoms. The minimum Gasteiger partial charge on any atom is -0.381 e. The van der Waals surface area contributed by atoms with Gasteiger partial charge in [0.05, 0.1) is 18.8 Å². The lowest BCUT2D eigenvalue weighted by Crippen LogP contribution is -2.31. The number of rotatable bonds is 5. The van der Waals surface area contributed by atoms with Crippen LogP contribution in [0, 0.1) is 11.8 Å². The average Bonchev–Trinajstić information content (AvgIpc) is 3.31. The summed E-state index contributed by atoms with van der Waals surface area (Å²) in [6.07, 6.45) is 8.12. The fraction of sp³-hybridized carbons (Fsp3) is 0.562. The monoisotopic (exact) mass is 299 g/mol. The van der Waals surface area contributed by atoms with Gasteiger partial charge in [-0.05, 0) is 30.9 Å². The number of hydrogen-bond acceptors (Lipinski definition) is 5. The van der Waals surface area contributed by atoms with Crippen molar-refractivity contribution >= 4 is 5.95 Å². The molecule has 116 valence electrons. The number of hydrogen-bond donors (Lipinski definition) is 0. The Balaban J connectivity index is 1.49. The van der Waals surface area contributed by atoms with Crippen molar-refractivity contribution in [3.8, 4) is 0 Å². The van der Waals surface area contributed by atoms with Gasteiger partial charge in [0.15, 0.2) is 0 Å². The summed E-state index contributed by atoms with van der Waals surface area (Å²) in [6, 6.07) is 3.92. The van der Waals surface area contributed by atoms with Crippen LogP contribution in [-0.2, 0) is 17.8 Å². The summed E-state index contributed by atoms with van der Waals surface area (Å²) in [5, 5.41) is 4.44. The maximum Gasteiger partial charge on any atom is 0.225 e. The molecule has 1 saturated carbocycles. The Bertz CT molecular complexity index is 610. The number of aromatic nitrogens is 4. The SMILES string of the molecule is c1cnc(N2Cc3ccnn3CC(COCC3CC3)C2)nc1. The summed E-state index contributed by atoms with van der Waals surface area (Å²) in [5.74, 6) is 1.99. The standard InChI is InChI=1S/C16H21N5O/c1-5-17-16(18-6-1)20-8-14(12-22-11-13-2-3-13)9-21-15(10-20)4-7-19-21/h1,4-7,13-14H,2-3,8-12H2. The molecule has 0 aromatic carbocycles. The van der Waals surface area contributed by atoms with Gasteiger partial charge >= 0.3 is 0 Å². The van der Waals surface area contributed by atoms with E-state index in [-0.39, 0.29) is 0 Å². The Kier molecular flexibility index (Phi) is 3.76. The quantitative estimate of drug-likeness (QED) is 0.841. The lowest BCUT2D eigenvalue weighted by molar-refractivity contribution is 0.0871. The maximum absolute atomic E-state index is 5.92. The van der Waals surface area contributed by atoms with Crippen molar-refractivity contribution in [2.75, 3.05) is 24.7 Å². The van der Waals surface area contributed by atoms with Crippen molar-refractivity contribution in [3.05, 3.63) is 36.4 Å². The highest BCUT2D eigenvalue weighted by Crippen LogP contribution is 2.29. The molecule has 2 aromatic heterocycles. The molecule has 1 atom stereocenters. The van der Waals surface area contributed by atoms with Crippen LogP contribution in [-0.4, -0.2) is 39.5 Å². The van der Waals surface area contributed by atoms with Crippen LogP contribution < -0.4 is 4.90 Å². The maximum atomic E-state index is 5.92. The third-order valence-corrected chi connectivity index (χ3v) is 4.31. The van der Waals surface area contributed by atoms with Crippen LogP contribution in [0.4, 0.5) is 5.95 Å². The van der Waals surface area contributed by atoms with Crippen LogP contribution in [0.2, 0.25) is 0 Å². The highest BCUT2D eigenvalue weighted by Gasteiger charge is 2.26. The summed E-state index contributed by atoms with van der Waals surface area (Å²) >= 11 is 0. The summed E-state index contributed by atoms with van der Waals surface area (Å²) in [4.78, 5) is 11.0. The number of anilines is 1. The Morgan fingerprint density at radius 1 is 1.05 bits per heavy atom. The largest absolute Gasteiger partial charge is 0.381 e. The first-order valence-electron chi connectivity index (χ1n) is 7.99. The molecular formula is C16H21N5O. The smallest absolute Gasteiger partial charge is 0.225 e. The Hall–Kier alpha value is -1.95. The molecule has 3 heterocycles. The predicted molar refractivity (Wildman–Crippen MR) is 82.3 cm³/mol. The highest BCUT2D eigenvalue weighted by molar-refractivity contribution is 5.30. The summed E-state index contributed by atoms with van der Waals surface area (Å²) in [6.45, 7) is 4.28. The van der Waals surface area contributed by atoms with Crippen LogP contribution in [0.5, 0.6) is 0 Å². The van der Waals surface area contributed by atoms with Crippen LogP contribution in [0.25, 0.3) is 0 Å². The van der Waals surface area contributed by atoms with Crippen molar-refractivity contribution in [1.29, 1.82) is 0 Å². The van der Waals surface area contributed by atoms with Crippen LogP contribution in [0.1, 0.15) is 18.5 Å². The molecule has 1 aliphatic carbocycles. The van der Waals surface area contributed by atoms with Gasteiger partial charge in [-0.1, -0.05) is 0 Å². The van der Waals surface area contributed by atoms with E-state index in [1.807, 2.05) is 12.3 Å². The molecule has 1 aliphatic heterocycles. The van der Waals surface area contributed by atoms with Crippen molar-refractivity contribution in [3.63, 3.8) is 0 Å². The second-order valence-corrected chi connectivity index (χ2v) is 6.28. The summed E-state index contributed by atoms with van der Waals surface area (Å²) < 4.78 is 8.01. The van der Waals surface area contributed by atoms with Crippen LogP contribution in [0.3, 0.4) is 0 Å². The van der Waals surface area contributed by atoms with E-state index < -0.39 is 0 Å². The highest BCUT2D eigenvalue weighted by atomic mass is 16.5. The Morgan fingerprint density at radius 2 is 1.86 bits per heavy atom. The predicted octanol–water partition coefficient (Wildman–Crippen LogP) is 1.74. The first kappa shape index (κ1) is 13.7. The zero-order valence-electron chi connectivity index (χ0n) is 12.6. The number of fused-ring (bicyclic) bond motifs is 1. The van der Waals surface area contributed by atoms with Crippen molar-refractivity contribution in [2.24, 2.45) is 11.8 Å². The first-order valence-corrected chi connectivity index (χ1v) is 7.99. The molecule has 2 aromatic rings. The molecule has 0 saturated heterocycles. The molecular weight excluding hydrogens is 278 g/mol. The van der Waals surface area contributed by atoms with Gasteiger partial charge in [0.25, 0.3) is 0 Å². The van der Waals surface area contributed by atoms with Gasteiger partial charge in [-0.25, -0.2) is 9.97 Å². The fourth-order valence-corrected chi connectivity index (χ4v) is 2.93. The van der Waals surface area contributed by atoms with Crippen molar-refractivity contribution in [1.82, 2.24) is 19.7 Å². The molecule has 4 rings (SSSR count). The van der Waals surface area contributed by atoms with Gasteiger partial charge in [0.1, 0.15) is 0 Å². The molecule has 6 nitrogen and oxygen atoms in total. The van der Waals surface area contributed by atoms with E-state index in [9.17, 15) is 0 Å². The molecule has 0 N–H and O–H groups in total. The number of ether oxygens (including phenoxy) is 1. The molecule has 6 heteroatoms. The van der Waals surface area contributed by atoms with Crippen molar-refractivity contribution in [2.45, 2.75) is 25.9 Å². The molecule has 22 heavy (non-hydrogen) atoms. The zero-order valence-corrected chi connectivity index (χ0v) is 12.6. The Labute approximate surface area is 130 Å². The van der Waals surface area contributed by atoms with Gasteiger partial charge in [0.2, 0.25) is 5.95 Å². The minimum atomic E-state index is 0.406. The van der Waals surface area contributed by atoms with Gasteiger partial charge < -0.3 is 9.64 Å². The normalized spacial score (nSPS) is 21.5. The molecule has 1 fully saturated rings. The molecule has 0 radical (unpaired) electrons. The third kappa shape index (κ3) is 3.11. The van der Waals surface area contributed by atoms with Gasteiger partial charge in [0, 0.05) is 44.2 Å². The van der Waals surface area contributed by atoms with Gasteiger partial charge in [-0.2, -0.15) is 5.10 Å². The van der Waals surface area contributed by atoms with Crippen LogP contribution in [0.15, 0.2) is 30.7 Å². The summed E-state index contributed by atoms with van der Waals surface area (Å²) in [5.41, 5.74) is 1.21. The Morgan fingerprint density at radius 3 is 2.68 bits per heavy atom. The topological polar surface area (TPSA) is 56.1 Å². The molecule has 2 aliphatic rings. The van der Waals surface area contributed by atoms with E-state index in [0.717, 1.165) is 44.7 Å². The van der Waals surface area contributed by atoms with Gasteiger partial charge in [-0.3, -0.25) is 4.68 Å². The first-order chi connectivity index (χ1) is 10.9. The van der Waals surface area contributed by atoms with E-state index in [1.165, 1.54) is 18.5 Å². The minimum absolute atomic E-state index is 0.406. The lowest BCUT2D eigenvalue weighted by Gasteiger charge is -2.23. The van der Waals surface area contributed by atoms with E-state index in [4.69, 9.17) is 4.74 Å². The summed E-state index contributed by atoms with van der Waals surface area (Å²) in [7, 11) is 0. The average molecular weight is 299 g/mol. The van der Waals surface area contributed by atoms with E-state index in [0.29, 0.717) is 5.92 Å². The van der Waals surface area contributed by atoms with Gasteiger partial charge in [-0.15, -0.1) is 0 Å². The second-order valence-electron chi connectivity index (χ2n) is 6.28. The van der Waals surface area contributed by atoms with Crippen LogP contribution >= 0.6 is 0 Å². The zero-order chi connectivity index (χ0) is 14.8.